The SMILES string of the molecule is CCCCNC(=O)C(Cc1ccccc1)N(Cc1ccccc1)C(=O)CCc1ccc(S(=O)(=O)NC2CC2)cc1. The minimum absolute atomic E-state index is 0.0425. The number of nitrogens with one attached hydrogen (secondary N) is 2. The van der Waals surface area contributed by atoms with E-state index in [1.54, 1.807) is 29.2 Å². The fourth-order valence-corrected chi connectivity index (χ4v) is 5.86. The largest absolute Gasteiger partial charge is 0.354 e. The number of sulfonamides is 1. The van der Waals surface area contributed by atoms with Crippen LogP contribution in [0.25, 0.3) is 0 Å². The number of amides is 2. The van der Waals surface area contributed by atoms with E-state index < -0.39 is 16.1 Å². The highest BCUT2D eigenvalue weighted by atomic mass is 32.2. The summed E-state index contributed by atoms with van der Waals surface area (Å²) < 4.78 is 27.7. The summed E-state index contributed by atoms with van der Waals surface area (Å²) >= 11 is 0. The summed E-state index contributed by atoms with van der Waals surface area (Å²) in [4.78, 5) is 29.2. The molecule has 1 atom stereocenters. The monoisotopic (exact) mass is 561 g/mol. The van der Waals surface area contributed by atoms with Gasteiger partial charge < -0.3 is 10.2 Å². The summed E-state index contributed by atoms with van der Waals surface area (Å²) in [6, 6.07) is 25.6. The third kappa shape index (κ3) is 8.76. The first-order valence-corrected chi connectivity index (χ1v) is 15.6. The highest BCUT2D eigenvalue weighted by Gasteiger charge is 2.30. The molecule has 0 aromatic heterocycles. The van der Waals surface area contributed by atoms with Gasteiger partial charge in [0, 0.05) is 32.0 Å². The number of hydrogen-bond acceptors (Lipinski definition) is 4. The maximum Gasteiger partial charge on any atom is 0.243 e. The molecule has 0 heterocycles. The summed E-state index contributed by atoms with van der Waals surface area (Å²) in [5.74, 6) is -0.276. The molecule has 212 valence electrons. The third-order valence-electron chi connectivity index (χ3n) is 7.06. The second kappa shape index (κ2) is 14.2. The number of aryl methyl sites for hydroxylation is 1. The summed E-state index contributed by atoms with van der Waals surface area (Å²) in [5, 5.41) is 3.04. The molecule has 1 aliphatic carbocycles. The molecule has 1 fully saturated rings. The van der Waals surface area contributed by atoms with Crippen LogP contribution >= 0.6 is 0 Å². The van der Waals surface area contributed by atoms with E-state index in [0.717, 1.165) is 42.4 Å². The van der Waals surface area contributed by atoms with Crippen molar-refractivity contribution in [2.75, 3.05) is 6.54 Å². The molecule has 0 spiro atoms. The van der Waals surface area contributed by atoms with Crippen LogP contribution in [0.15, 0.2) is 89.8 Å². The predicted molar refractivity (Wildman–Crippen MR) is 157 cm³/mol. The van der Waals surface area contributed by atoms with Crippen LogP contribution in [-0.2, 0) is 39.0 Å². The lowest BCUT2D eigenvalue weighted by Gasteiger charge is -2.31. The third-order valence-corrected chi connectivity index (χ3v) is 8.59. The Balaban J connectivity index is 1.51. The molecule has 1 aliphatic rings. The smallest absolute Gasteiger partial charge is 0.243 e. The minimum atomic E-state index is -3.52. The van der Waals surface area contributed by atoms with Crippen LogP contribution < -0.4 is 10.0 Å². The van der Waals surface area contributed by atoms with Gasteiger partial charge in [0.25, 0.3) is 0 Å². The molecular formula is C32H39N3O4S. The zero-order valence-electron chi connectivity index (χ0n) is 23.1. The molecule has 1 saturated carbocycles. The molecule has 4 rings (SSSR count). The van der Waals surface area contributed by atoms with Crippen LogP contribution in [0.2, 0.25) is 0 Å². The van der Waals surface area contributed by atoms with E-state index in [2.05, 4.69) is 17.0 Å². The molecule has 0 aliphatic heterocycles. The van der Waals surface area contributed by atoms with Crippen LogP contribution in [0.3, 0.4) is 0 Å². The first-order chi connectivity index (χ1) is 19.4. The Hall–Kier alpha value is -3.49. The molecule has 2 N–H and O–H groups in total. The van der Waals surface area contributed by atoms with Gasteiger partial charge in [-0.3, -0.25) is 9.59 Å². The second-order valence-electron chi connectivity index (χ2n) is 10.4. The van der Waals surface area contributed by atoms with Gasteiger partial charge in [0.1, 0.15) is 6.04 Å². The van der Waals surface area contributed by atoms with Gasteiger partial charge in [-0.1, -0.05) is 86.1 Å². The van der Waals surface area contributed by atoms with Crippen LogP contribution in [-0.4, -0.2) is 43.8 Å². The molecule has 7 nitrogen and oxygen atoms in total. The normalized spacial score (nSPS) is 13.9. The van der Waals surface area contributed by atoms with Gasteiger partial charge in [0.2, 0.25) is 21.8 Å². The standard InChI is InChI=1S/C32H39N3O4S/c1-2-3-22-33-32(37)30(23-26-10-6-4-7-11-26)35(24-27-12-8-5-9-13-27)31(36)21-16-25-14-19-29(20-15-25)40(38,39)34-28-17-18-28/h4-15,19-20,28,30,34H,2-3,16-18,21-24H2,1H3,(H,33,37). The lowest BCUT2D eigenvalue weighted by molar-refractivity contribution is -0.141. The molecule has 0 bridgehead atoms. The molecule has 1 unspecified atom stereocenters. The fraction of sp³-hybridized carbons (Fsp3) is 0.375. The van der Waals surface area contributed by atoms with Crippen LogP contribution in [0.5, 0.6) is 0 Å². The number of hydrogen-bond donors (Lipinski definition) is 2. The first-order valence-electron chi connectivity index (χ1n) is 14.1. The van der Waals surface area contributed by atoms with Crippen molar-refractivity contribution in [1.82, 2.24) is 14.9 Å². The quantitative estimate of drug-likeness (QED) is 0.265. The van der Waals surface area contributed by atoms with Gasteiger partial charge >= 0.3 is 0 Å². The average molecular weight is 562 g/mol. The van der Waals surface area contributed by atoms with Crippen molar-refractivity contribution in [3.8, 4) is 0 Å². The Morgan fingerprint density at radius 2 is 1.50 bits per heavy atom. The summed E-state index contributed by atoms with van der Waals surface area (Å²) in [6.07, 6.45) is 4.65. The number of carbonyl (C=O) groups is 2. The Morgan fingerprint density at radius 3 is 2.10 bits per heavy atom. The lowest BCUT2D eigenvalue weighted by Crippen LogP contribution is -2.50. The Kier molecular flexibility index (Phi) is 10.5. The molecular weight excluding hydrogens is 522 g/mol. The molecule has 3 aromatic carbocycles. The van der Waals surface area contributed by atoms with E-state index >= 15 is 0 Å². The van der Waals surface area contributed by atoms with Crippen LogP contribution in [0.4, 0.5) is 0 Å². The Bertz CT molecular complexity index is 1340. The number of nitrogens with zero attached hydrogens (tertiary/aromatic N) is 1. The molecule has 2 amide bonds. The van der Waals surface area contributed by atoms with E-state index in [1.807, 2.05) is 60.7 Å². The number of benzene rings is 3. The van der Waals surface area contributed by atoms with Gasteiger partial charge in [-0.2, -0.15) is 0 Å². The van der Waals surface area contributed by atoms with E-state index in [-0.39, 0.29) is 29.2 Å². The van der Waals surface area contributed by atoms with Crippen molar-refractivity contribution >= 4 is 21.8 Å². The van der Waals surface area contributed by atoms with E-state index in [0.29, 0.717) is 25.9 Å². The van der Waals surface area contributed by atoms with Crippen molar-refractivity contribution in [3.05, 3.63) is 102 Å². The Morgan fingerprint density at radius 1 is 0.875 bits per heavy atom. The molecule has 40 heavy (non-hydrogen) atoms. The number of unbranched alkanes of at least 4 members (excludes halogenated alkanes) is 1. The van der Waals surface area contributed by atoms with Gasteiger partial charge in [0.15, 0.2) is 0 Å². The highest BCUT2D eigenvalue weighted by molar-refractivity contribution is 7.89. The van der Waals surface area contributed by atoms with Crippen molar-refractivity contribution in [3.63, 3.8) is 0 Å². The number of carbonyl (C=O) groups excluding carboxylic acids is 2. The molecule has 8 heteroatoms. The van der Waals surface area contributed by atoms with Gasteiger partial charge in [0.05, 0.1) is 4.90 Å². The topological polar surface area (TPSA) is 95.6 Å². The van der Waals surface area contributed by atoms with Crippen molar-refractivity contribution in [1.29, 1.82) is 0 Å². The zero-order valence-corrected chi connectivity index (χ0v) is 23.9. The number of rotatable bonds is 15. The minimum Gasteiger partial charge on any atom is -0.354 e. The lowest BCUT2D eigenvalue weighted by atomic mass is 10.0. The summed E-state index contributed by atoms with van der Waals surface area (Å²) in [7, 11) is -3.52. The summed E-state index contributed by atoms with van der Waals surface area (Å²) in [5.41, 5.74) is 2.80. The fourth-order valence-electron chi connectivity index (χ4n) is 4.56. The summed E-state index contributed by atoms with van der Waals surface area (Å²) in [6.45, 7) is 2.96. The molecule has 0 saturated heterocycles. The van der Waals surface area contributed by atoms with Crippen LogP contribution in [0, 0.1) is 0 Å². The maximum absolute atomic E-state index is 13.8. The van der Waals surface area contributed by atoms with E-state index in [1.165, 1.54) is 0 Å². The molecule has 3 aromatic rings. The zero-order chi connectivity index (χ0) is 28.4. The van der Waals surface area contributed by atoms with Crippen LogP contribution in [0.1, 0.15) is 55.7 Å². The van der Waals surface area contributed by atoms with Crippen molar-refractivity contribution in [2.24, 2.45) is 0 Å². The average Bonchev–Trinajstić information content (AvgIpc) is 3.78. The Labute approximate surface area is 238 Å². The van der Waals surface area contributed by atoms with Gasteiger partial charge in [-0.15, -0.1) is 0 Å². The molecule has 0 radical (unpaired) electrons. The first kappa shape index (κ1) is 29.5. The van der Waals surface area contributed by atoms with Crippen molar-refractivity contribution < 1.29 is 18.0 Å². The van der Waals surface area contributed by atoms with Gasteiger partial charge in [-0.25, -0.2) is 13.1 Å². The van der Waals surface area contributed by atoms with E-state index in [4.69, 9.17) is 0 Å². The maximum atomic E-state index is 13.8. The predicted octanol–water partition coefficient (Wildman–Crippen LogP) is 4.62. The second-order valence-corrected chi connectivity index (χ2v) is 12.1. The van der Waals surface area contributed by atoms with E-state index in [9.17, 15) is 18.0 Å². The van der Waals surface area contributed by atoms with Crippen molar-refractivity contribution in [2.45, 2.75) is 75.4 Å². The van der Waals surface area contributed by atoms with Gasteiger partial charge in [-0.05, 0) is 54.5 Å². The highest BCUT2D eigenvalue weighted by Crippen LogP contribution is 2.23.